The van der Waals surface area contributed by atoms with Crippen LogP contribution in [0.15, 0.2) is 53.4 Å². The summed E-state index contributed by atoms with van der Waals surface area (Å²) < 4.78 is 27.4. The number of carbonyl (C=O) groups excluding carboxylic acids is 1. The zero-order valence-electron chi connectivity index (χ0n) is 17.5. The number of rotatable bonds is 7. The lowest BCUT2D eigenvalue weighted by molar-refractivity contribution is 0.0989. The standard InChI is InChI=1S/C22H21N5O4S2/c23-33(29,30)9-7-24-11-15-12-25-21(32-15)22(28)27-8-6-17-16(2-1-3-19(17)27)14-4-5-20-18(10-14)26-13-31-20/h1-5,10,12-13,24H,6-9,11H2,(H2,23,29,30). The van der Waals surface area contributed by atoms with Crippen molar-refractivity contribution in [3.63, 3.8) is 0 Å². The van der Waals surface area contributed by atoms with Gasteiger partial charge in [-0.25, -0.2) is 23.5 Å². The van der Waals surface area contributed by atoms with Gasteiger partial charge in [0.15, 0.2) is 17.0 Å². The van der Waals surface area contributed by atoms with Gasteiger partial charge in [-0.1, -0.05) is 18.2 Å². The molecule has 170 valence electrons. The Balaban J connectivity index is 1.33. The first-order valence-corrected chi connectivity index (χ1v) is 12.9. The van der Waals surface area contributed by atoms with Crippen LogP contribution >= 0.6 is 11.3 Å². The number of thiazole rings is 1. The lowest BCUT2D eigenvalue weighted by Crippen LogP contribution is -2.28. The lowest BCUT2D eigenvalue weighted by Gasteiger charge is -2.16. The Hall–Kier alpha value is -3.12. The van der Waals surface area contributed by atoms with E-state index in [0.29, 0.717) is 18.1 Å². The van der Waals surface area contributed by atoms with Crippen molar-refractivity contribution < 1.29 is 17.6 Å². The summed E-state index contributed by atoms with van der Waals surface area (Å²) in [6.45, 7) is 1.24. The Morgan fingerprint density at radius 3 is 2.97 bits per heavy atom. The molecule has 2 aromatic carbocycles. The van der Waals surface area contributed by atoms with Gasteiger partial charge in [0, 0.05) is 36.4 Å². The van der Waals surface area contributed by atoms with Crippen LogP contribution < -0.4 is 15.4 Å². The van der Waals surface area contributed by atoms with Crippen LogP contribution in [0.5, 0.6) is 0 Å². The fourth-order valence-electron chi connectivity index (χ4n) is 3.97. The number of nitrogens with zero attached hydrogens (tertiary/aromatic N) is 3. The maximum absolute atomic E-state index is 13.2. The molecule has 0 radical (unpaired) electrons. The number of anilines is 1. The predicted molar refractivity (Wildman–Crippen MR) is 127 cm³/mol. The van der Waals surface area contributed by atoms with Gasteiger partial charge in [0.2, 0.25) is 10.0 Å². The second-order valence-corrected chi connectivity index (χ2v) is 10.6. The van der Waals surface area contributed by atoms with Gasteiger partial charge in [0.05, 0.1) is 5.75 Å². The molecule has 0 saturated carbocycles. The molecule has 1 amide bonds. The highest BCUT2D eigenvalue weighted by Gasteiger charge is 2.29. The quantitative estimate of drug-likeness (QED) is 0.386. The largest absolute Gasteiger partial charge is 0.443 e. The third-order valence-electron chi connectivity index (χ3n) is 5.51. The fourth-order valence-corrected chi connectivity index (χ4v) is 5.23. The monoisotopic (exact) mass is 483 g/mol. The summed E-state index contributed by atoms with van der Waals surface area (Å²) in [5, 5.41) is 8.41. The molecular weight excluding hydrogens is 462 g/mol. The molecule has 1 aliphatic heterocycles. The molecule has 3 N–H and O–H groups in total. The number of benzene rings is 2. The number of primary sulfonamides is 1. The van der Waals surface area contributed by atoms with Crippen molar-refractivity contribution in [2.75, 3.05) is 23.7 Å². The lowest BCUT2D eigenvalue weighted by atomic mass is 9.97. The molecule has 0 unspecified atom stereocenters. The predicted octanol–water partition coefficient (Wildman–Crippen LogP) is 2.53. The minimum absolute atomic E-state index is 0.140. The number of fused-ring (bicyclic) bond motifs is 2. The molecule has 0 fully saturated rings. The van der Waals surface area contributed by atoms with Gasteiger partial charge in [0.25, 0.3) is 5.91 Å². The number of sulfonamides is 1. The highest BCUT2D eigenvalue weighted by Crippen LogP contribution is 2.37. The minimum Gasteiger partial charge on any atom is -0.443 e. The minimum atomic E-state index is -3.50. The SMILES string of the molecule is NS(=O)(=O)CCNCc1cnc(C(=O)N2CCc3c(-c4ccc5ocnc5c4)cccc32)s1. The number of oxazole rings is 1. The van der Waals surface area contributed by atoms with E-state index < -0.39 is 10.0 Å². The van der Waals surface area contributed by atoms with E-state index in [1.807, 2.05) is 30.3 Å². The number of amides is 1. The van der Waals surface area contributed by atoms with Crippen molar-refractivity contribution in [2.24, 2.45) is 5.14 Å². The summed E-state index contributed by atoms with van der Waals surface area (Å²) in [5.74, 6) is -0.285. The highest BCUT2D eigenvalue weighted by molar-refractivity contribution is 7.89. The van der Waals surface area contributed by atoms with E-state index in [-0.39, 0.29) is 18.2 Å². The molecule has 2 aromatic heterocycles. The molecule has 0 spiro atoms. The molecule has 5 rings (SSSR count). The molecule has 0 atom stereocenters. The first kappa shape index (κ1) is 21.7. The zero-order chi connectivity index (χ0) is 23.0. The number of aromatic nitrogens is 2. The second-order valence-electron chi connectivity index (χ2n) is 7.72. The molecule has 11 heteroatoms. The third-order valence-corrected chi connectivity index (χ3v) is 7.27. The van der Waals surface area contributed by atoms with E-state index in [4.69, 9.17) is 9.56 Å². The summed E-state index contributed by atoms with van der Waals surface area (Å²) in [6, 6.07) is 11.9. The number of hydrogen-bond acceptors (Lipinski definition) is 8. The van der Waals surface area contributed by atoms with Crippen molar-refractivity contribution in [1.82, 2.24) is 15.3 Å². The normalized spacial score (nSPS) is 13.5. The second kappa shape index (κ2) is 8.67. The van der Waals surface area contributed by atoms with Gasteiger partial charge in [-0.05, 0) is 41.3 Å². The number of carbonyl (C=O) groups is 1. The van der Waals surface area contributed by atoms with E-state index in [2.05, 4.69) is 21.4 Å². The summed E-state index contributed by atoms with van der Waals surface area (Å²) in [7, 11) is -3.50. The Kier molecular flexibility index (Phi) is 5.71. The highest BCUT2D eigenvalue weighted by atomic mass is 32.2. The Morgan fingerprint density at radius 2 is 2.12 bits per heavy atom. The van der Waals surface area contributed by atoms with Crippen LogP contribution in [0, 0.1) is 0 Å². The molecular formula is C22H21N5O4S2. The van der Waals surface area contributed by atoms with Gasteiger partial charge in [-0.15, -0.1) is 11.3 Å². The molecule has 0 saturated heterocycles. The average molecular weight is 484 g/mol. The van der Waals surface area contributed by atoms with Gasteiger partial charge >= 0.3 is 0 Å². The van der Waals surface area contributed by atoms with Crippen molar-refractivity contribution in [3.8, 4) is 11.1 Å². The summed E-state index contributed by atoms with van der Waals surface area (Å²) in [4.78, 5) is 24.4. The Labute approximate surface area is 194 Å². The van der Waals surface area contributed by atoms with Gasteiger partial charge in [-0.3, -0.25) is 4.79 Å². The van der Waals surface area contributed by atoms with Gasteiger partial charge in [0.1, 0.15) is 5.52 Å². The van der Waals surface area contributed by atoms with Crippen LogP contribution in [0.1, 0.15) is 20.2 Å². The van der Waals surface area contributed by atoms with Crippen molar-refractivity contribution >= 4 is 44.1 Å². The fraction of sp³-hybridized carbons (Fsp3) is 0.227. The smallest absolute Gasteiger partial charge is 0.287 e. The number of hydrogen-bond donors (Lipinski definition) is 2. The van der Waals surface area contributed by atoms with Crippen LogP contribution in [0.4, 0.5) is 5.69 Å². The molecule has 3 heterocycles. The Bertz CT molecular complexity index is 1440. The Morgan fingerprint density at radius 1 is 1.24 bits per heavy atom. The van der Waals surface area contributed by atoms with E-state index in [1.54, 1.807) is 11.1 Å². The molecule has 0 bridgehead atoms. The molecule has 9 nitrogen and oxygen atoms in total. The molecule has 1 aliphatic rings. The maximum Gasteiger partial charge on any atom is 0.287 e. The van der Waals surface area contributed by atoms with E-state index >= 15 is 0 Å². The summed E-state index contributed by atoms with van der Waals surface area (Å²) in [5.41, 5.74) is 5.65. The van der Waals surface area contributed by atoms with E-state index in [0.717, 1.165) is 44.8 Å². The van der Waals surface area contributed by atoms with Crippen LogP contribution in [-0.2, 0) is 23.0 Å². The molecule has 33 heavy (non-hydrogen) atoms. The summed E-state index contributed by atoms with van der Waals surface area (Å²) in [6.07, 6.45) is 3.83. The third kappa shape index (κ3) is 4.53. The van der Waals surface area contributed by atoms with E-state index in [9.17, 15) is 13.2 Å². The number of nitrogens with one attached hydrogen (secondary N) is 1. The van der Waals surface area contributed by atoms with Crippen molar-refractivity contribution in [1.29, 1.82) is 0 Å². The van der Waals surface area contributed by atoms with Gasteiger partial charge < -0.3 is 14.6 Å². The first-order chi connectivity index (χ1) is 15.9. The van der Waals surface area contributed by atoms with E-state index in [1.165, 1.54) is 17.7 Å². The average Bonchev–Trinajstić information content (AvgIpc) is 3.54. The van der Waals surface area contributed by atoms with Crippen molar-refractivity contribution in [2.45, 2.75) is 13.0 Å². The topological polar surface area (TPSA) is 131 Å². The zero-order valence-corrected chi connectivity index (χ0v) is 19.2. The van der Waals surface area contributed by atoms with Crippen LogP contribution in [0.25, 0.3) is 22.2 Å². The van der Waals surface area contributed by atoms with Gasteiger partial charge in [-0.2, -0.15) is 0 Å². The van der Waals surface area contributed by atoms with Crippen LogP contribution in [0.3, 0.4) is 0 Å². The first-order valence-electron chi connectivity index (χ1n) is 10.3. The van der Waals surface area contributed by atoms with Crippen LogP contribution in [0.2, 0.25) is 0 Å². The maximum atomic E-state index is 13.2. The number of nitrogens with two attached hydrogens (primary N) is 1. The molecule has 0 aliphatic carbocycles. The van der Waals surface area contributed by atoms with Crippen LogP contribution in [-0.4, -0.2) is 43.1 Å². The van der Waals surface area contributed by atoms with Crippen molar-refractivity contribution in [3.05, 3.63) is 64.4 Å². The summed E-state index contributed by atoms with van der Waals surface area (Å²) >= 11 is 1.30. The molecule has 4 aromatic rings.